The fourth-order valence-electron chi connectivity index (χ4n) is 1.38. The largest absolute Gasteiger partial charge is 0.465 e. The van der Waals surface area contributed by atoms with Gasteiger partial charge in [-0.1, -0.05) is 6.92 Å². The van der Waals surface area contributed by atoms with Gasteiger partial charge >= 0.3 is 6.09 Å². The third kappa shape index (κ3) is 2.53. The molecule has 4 nitrogen and oxygen atoms in total. The average Bonchev–Trinajstić information content (AvgIpc) is 2.04. The van der Waals surface area contributed by atoms with Crippen molar-refractivity contribution >= 4 is 18.5 Å². The van der Waals surface area contributed by atoms with Gasteiger partial charge in [-0.3, -0.25) is 0 Å². The second kappa shape index (κ2) is 5.22. The number of hydrogen-bond donors (Lipinski definition) is 2. The van der Waals surface area contributed by atoms with E-state index in [1.165, 1.54) is 4.90 Å². The van der Waals surface area contributed by atoms with Crippen molar-refractivity contribution in [1.82, 2.24) is 10.2 Å². The molecule has 1 heterocycles. The van der Waals surface area contributed by atoms with E-state index >= 15 is 0 Å². The van der Waals surface area contributed by atoms with Crippen molar-refractivity contribution in [3.63, 3.8) is 0 Å². The fourth-order valence-corrected chi connectivity index (χ4v) is 1.38. The molecule has 0 saturated carbocycles. The van der Waals surface area contributed by atoms with Crippen LogP contribution in [-0.4, -0.2) is 41.8 Å². The lowest BCUT2D eigenvalue weighted by molar-refractivity contribution is 0.111. The van der Waals surface area contributed by atoms with Gasteiger partial charge < -0.3 is 15.3 Å². The van der Waals surface area contributed by atoms with Crippen molar-refractivity contribution in [1.29, 1.82) is 0 Å². The van der Waals surface area contributed by atoms with Gasteiger partial charge in [-0.25, -0.2) is 4.79 Å². The maximum Gasteiger partial charge on any atom is 0.407 e. The van der Waals surface area contributed by atoms with E-state index in [2.05, 4.69) is 5.32 Å². The lowest BCUT2D eigenvalue weighted by Crippen LogP contribution is -2.52. The summed E-state index contributed by atoms with van der Waals surface area (Å²) in [7, 11) is 0. The molecule has 5 heteroatoms. The van der Waals surface area contributed by atoms with Crippen molar-refractivity contribution in [2.45, 2.75) is 19.4 Å². The van der Waals surface area contributed by atoms with E-state index in [4.69, 9.17) is 5.11 Å². The molecule has 2 N–H and O–H groups in total. The molecule has 1 unspecified atom stereocenters. The van der Waals surface area contributed by atoms with E-state index in [0.717, 1.165) is 19.5 Å². The van der Waals surface area contributed by atoms with Gasteiger partial charge in [-0.05, 0) is 6.42 Å². The van der Waals surface area contributed by atoms with Crippen LogP contribution in [0.1, 0.15) is 13.3 Å². The van der Waals surface area contributed by atoms with Gasteiger partial charge in [0.25, 0.3) is 0 Å². The summed E-state index contributed by atoms with van der Waals surface area (Å²) in [5.41, 5.74) is 0. The highest BCUT2D eigenvalue weighted by molar-refractivity contribution is 5.85. The predicted molar refractivity (Wildman–Crippen MR) is 48.9 cm³/mol. The SMILES string of the molecule is CCC1CNCCN1C(=O)O.Cl. The molecule has 1 aliphatic heterocycles. The van der Waals surface area contributed by atoms with Crippen LogP contribution in [0.5, 0.6) is 0 Å². The lowest BCUT2D eigenvalue weighted by Gasteiger charge is -2.33. The third-order valence-corrected chi connectivity index (χ3v) is 2.07. The lowest BCUT2D eigenvalue weighted by atomic mass is 10.1. The van der Waals surface area contributed by atoms with Gasteiger partial charge in [0, 0.05) is 25.7 Å². The van der Waals surface area contributed by atoms with E-state index in [1.54, 1.807) is 0 Å². The number of halogens is 1. The Morgan fingerprint density at radius 3 is 2.83 bits per heavy atom. The maximum absolute atomic E-state index is 10.6. The second-order valence-corrected chi connectivity index (χ2v) is 2.74. The summed E-state index contributed by atoms with van der Waals surface area (Å²) >= 11 is 0. The van der Waals surface area contributed by atoms with Gasteiger partial charge in [-0.2, -0.15) is 0 Å². The van der Waals surface area contributed by atoms with Crippen LogP contribution in [0.15, 0.2) is 0 Å². The van der Waals surface area contributed by atoms with Crippen molar-refractivity contribution in [2.75, 3.05) is 19.6 Å². The molecule has 0 aromatic rings. The highest BCUT2D eigenvalue weighted by Gasteiger charge is 2.23. The van der Waals surface area contributed by atoms with Crippen LogP contribution in [0.3, 0.4) is 0 Å². The number of hydrogen-bond acceptors (Lipinski definition) is 2. The Bertz CT molecular complexity index is 154. The molecule has 1 aliphatic rings. The van der Waals surface area contributed by atoms with Crippen molar-refractivity contribution in [2.24, 2.45) is 0 Å². The van der Waals surface area contributed by atoms with Gasteiger partial charge in [-0.15, -0.1) is 12.4 Å². The van der Waals surface area contributed by atoms with Crippen LogP contribution in [-0.2, 0) is 0 Å². The first-order chi connectivity index (χ1) is 5.25. The molecule has 1 rings (SSSR count). The molecule has 1 amide bonds. The zero-order chi connectivity index (χ0) is 8.27. The number of piperazine rings is 1. The molecule has 1 fully saturated rings. The molecular weight excluding hydrogens is 180 g/mol. The highest BCUT2D eigenvalue weighted by atomic mass is 35.5. The quantitative estimate of drug-likeness (QED) is 0.649. The Labute approximate surface area is 78.3 Å². The van der Waals surface area contributed by atoms with Gasteiger partial charge in [0.15, 0.2) is 0 Å². The minimum Gasteiger partial charge on any atom is -0.465 e. The van der Waals surface area contributed by atoms with E-state index in [-0.39, 0.29) is 18.4 Å². The number of carboxylic acid groups (broad SMARTS) is 1. The molecule has 1 saturated heterocycles. The molecular formula is C7H15ClN2O2. The zero-order valence-corrected chi connectivity index (χ0v) is 7.93. The zero-order valence-electron chi connectivity index (χ0n) is 7.12. The first-order valence-corrected chi connectivity index (χ1v) is 3.96. The predicted octanol–water partition coefficient (Wildman–Crippen LogP) is 0.770. The summed E-state index contributed by atoms with van der Waals surface area (Å²) in [5.74, 6) is 0. The summed E-state index contributed by atoms with van der Waals surface area (Å²) in [6, 6.07) is 0.168. The molecule has 0 aromatic heterocycles. The maximum atomic E-state index is 10.6. The van der Waals surface area contributed by atoms with E-state index in [0.29, 0.717) is 6.54 Å². The van der Waals surface area contributed by atoms with Crippen LogP contribution in [0.2, 0.25) is 0 Å². The number of nitrogens with zero attached hydrogens (tertiary/aromatic N) is 1. The minimum absolute atomic E-state index is 0. The smallest absolute Gasteiger partial charge is 0.407 e. The summed E-state index contributed by atoms with van der Waals surface area (Å²) in [5, 5.41) is 11.9. The van der Waals surface area contributed by atoms with Crippen molar-refractivity contribution in [3.05, 3.63) is 0 Å². The third-order valence-electron chi connectivity index (χ3n) is 2.07. The Balaban J connectivity index is 0.00000121. The van der Waals surface area contributed by atoms with Crippen LogP contribution < -0.4 is 5.32 Å². The average molecular weight is 195 g/mol. The molecule has 0 aliphatic carbocycles. The fraction of sp³-hybridized carbons (Fsp3) is 0.857. The molecule has 0 bridgehead atoms. The van der Waals surface area contributed by atoms with Gasteiger partial charge in [0.2, 0.25) is 0 Å². The van der Waals surface area contributed by atoms with Crippen LogP contribution in [0, 0.1) is 0 Å². The van der Waals surface area contributed by atoms with E-state index < -0.39 is 6.09 Å². The molecule has 0 aromatic carbocycles. The summed E-state index contributed by atoms with van der Waals surface area (Å²) in [4.78, 5) is 12.1. The molecule has 0 spiro atoms. The first kappa shape index (κ1) is 11.5. The Kier molecular flexibility index (Phi) is 5.01. The second-order valence-electron chi connectivity index (χ2n) is 2.74. The van der Waals surface area contributed by atoms with Gasteiger partial charge in [0.1, 0.15) is 0 Å². The molecule has 0 radical (unpaired) electrons. The number of carbonyl (C=O) groups is 1. The van der Waals surface area contributed by atoms with E-state index in [9.17, 15) is 4.79 Å². The number of nitrogens with one attached hydrogen (secondary N) is 1. The standard InChI is InChI=1S/C7H14N2O2.ClH/c1-2-6-5-8-3-4-9(6)7(10)11;/h6,8H,2-5H2,1H3,(H,10,11);1H. The molecule has 12 heavy (non-hydrogen) atoms. The Morgan fingerprint density at radius 1 is 1.75 bits per heavy atom. The minimum atomic E-state index is -0.793. The monoisotopic (exact) mass is 194 g/mol. The van der Waals surface area contributed by atoms with Crippen LogP contribution >= 0.6 is 12.4 Å². The van der Waals surface area contributed by atoms with Crippen molar-refractivity contribution < 1.29 is 9.90 Å². The normalized spacial score (nSPS) is 23.1. The van der Waals surface area contributed by atoms with Crippen LogP contribution in [0.4, 0.5) is 4.79 Å². The van der Waals surface area contributed by atoms with Gasteiger partial charge in [0.05, 0.1) is 0 Å². The Morgan fingerprint density at radius 2 is 2.42 bits per heavy atom. The Hall–Kier alpha value is -0.480. The number of rotatable bonds is 1. The van der Waals surface area contributed by atoms with Crippen LogP contribution in [0.25, 0.3) is 0 Å². The highest BCUT2D eigenvalue weighted by Crippen LogP contribution is 2.06. The summed E-state index contributed by atoms with van der Waals surface area (Å²) in [6.07, 6.45) is 0.0950. The van der Waals surface area contributed by atoms with E-state index in [1.807, 2.05) is 6.92 Å². The molecule has 72 valence electrons. The molecule has 1 atom stereocenters. The number of amides is 1. The summed E-state index contributed by atoms with van der Waals surface area (Å²) in [6.45, 7) is 4.20. The van der Waals surface area contributed by atoms with Crippen molar-refractivity contribution in [3.8, 4) is 0 Å². The summed E-state index contributed by atoms with van der Waals surface area (Å²) < 4.78 is 0. The topological polar surface area (TPSA) is 52.6 Å². The first-order valence-electron chi connectivity index (χ1n) is 3.96.